The van der Waals surface area contributed by atoms with E-state index in [1.165, 1.54) is 20.8 Å². The van der Waals surface area contributed by atoms with Gasteiger partial charge in [-0.2, -0.15) is 0 Å². The van der Waals surface area contributed by atoms with Crippen molar-refractivity contribution in [2.45, 2.75) is 188 Å². The van der Waals surface area contributed by atoms with Gasteiger partial charge in [0.05, 0.1) is 31.5 Å². The van der Waals surface area contributed by atoms with Crippen LogP contribution < -0.4 is 5.32 Å². The van der Waals surface area contributed by atoms with Gasteiger partial charge in [-0.05, 0) is 20.8 Å². The number of hydrogen-bond donors (Lipinski definition) is 13. The fourth-order valence-corrected chi connectivity index (χ4v) is 7.54. The van der Waals surface area contributed by atoms with Crippen molar-refractivity contribution in [2.24, 2.45) is 0 Å². The quantitative estimate of drug-likeness (QED) is 0.0810. The summed E-state index contributed by atoms with van der Waals surface area (Å²) in [7, 11) is 0. The third kappa shape index (κ3) is 10.3. The van der Waals surface area contributed by atoms with Crippen LogP contribution in [0.4, 0.5) is 0 Å². The number of carbonyl (C=O) groups is 2. The summed E-state index contributed by atoms with van der Waals surface area (Å²) >= 11 is 0. The summed E-state index contributed by atoms with van der Waals surface area (Å²) in [6.07, 6.45) is -40.9. The van der Waals surface area contributed by atoms with Crippen molar-refractivity contribution >= 4 is 11.9 Å². The van der Waals surface area contributed by atoms with Crippen LogP contribution >= 0.6 is 0 Å². The Hall–Kier alpha value is -1.90. The number of aliphatic hydroxyl groups is 12. The zero-order valence-corrected chi connectivity index (χ0v) is 32.6. The molecule has 5 rings (SSSR count). The van der Waals surface area contributed by atoms with Gasteiger partial charge in [-0.3, -0.25) is 9.59 Å². The van der Waals surface area contributed by atoms with Crippen LogP contribution in [0.25, 0.3) is 0 Å². The number of ether oxygens (including phenoxy) is 10. The fraction of sp³-hybridized carbons (Fsp3) is 0.941. The number of amides is 1. The second-order valence-electron chi connectivity index (χ2n) is 15.2. The zero-order valence-electron chi connectivity index (χ0n) is 32.6. The number of aliphatic hydroxyl groups excluding tert-OH is 12. The van der Waals surface area contributed by atoms with Crippen molar-refractivity contribution in [1.82, 2.24) is 5.32 Å². The largest absolute Gasteiger partial charge is 0.457 e. The predicted octanol–water partition coefficient (Wildman–Crippen LogP) is -8.13. The summed E-state index contributed by atoms with van der Waals surface area (Å²) in [5.41, 5.74) is 0. The molecule has 0 aromatic heterocycles. The van der Waals surface area contributed by atoms with Gasteiger partial charge >= 0.3 is 5.97 Å². The van der Waals surface area contributed by atoms with Gasteiger partial charge in [-0.25, -0.2) is 0 Å². The molecule has 5 heterocycles. The summed E-state index contributed by atoms with van der Waals surface area (Å²) in [6.45, 7) is 4.53. The van der Waals surface area contributed by atoms with Crippen LogP contribution in [-0.2, 0) is 57.0 Å². The molecule has 5 aliphatic heterocycles. The van der Waals surface area contributed by atoms with Crippen molar-refractivity contribution in [3.8, 4) is 0 Å². The molecule has 0 saturated carbocycles. The maximum atomic E-state index is 12.0. The van der Waals surface area contributed by atoms with E-state index in [1.54, 1.807) is 0 Å². The highest BCUT2D eigenvalue weighted by Gasteiger charge is 2.57. The Morgan fingerprint density at radius 2 is 0.915 bits per heavy atom. The van der Waals surface area contributed by atoms with Crippen LogP contribution in [0.1, 0.15) is 34.6 Å². The van der Waals surface area contributed by atoms with Crippen molar-refractivity contribution in [3.63, 3.8) is 0 Å². The first kappa shape index (κ1) is 48.1. The lowest BCUT2D eigenvalue weighted by atomic mass is 9.95. The van der Waals surface area contributed by atoms with Gasteiger partial charge in [0.1, 0.15) is 97.6 Å². The van der Waals surface area contributed by atoms with Crippen molar-refractivity contribution in [3.05, 3.63) is 0 Å². The second-order valence-corrected chi connectivity index (χ2v) is 15.2. The Kier molecular flexibility index (Phi) is 16.4. The Morgan fingerprint density at radius 3 is 1.46 bits per heavy atom. The van der Waals surface area contributed by atoms with E-state index in [-0.39, 0.29) is 0 Å². The predicted molar refractivity (Wildman–Crippen MR) is 183 cm³/mol. The molecular formula is C34H57NO24. The highest BCUT2D eigenvalue weighted by Crippen LogP contribution is 2.37. The molecule has 25 atom stereocenters. The molecule has 59 heavy (non-hydrogen) atoms. The van der Waals surface area contributed by atoms with E-state index >= 15 is 0 Å². The number of esters is 1. The second kappa shape index (κ2) is 20.1. The average Bonchev–Trinajstić information content (AvgIpc) is 3.18. The molecule has 1 amide bonds. The minimum absolute atomic E-state index is 0.677. The molecule has 0 aromatic carbocycles. The molecule has 5 fully saturated rings. The van der Waals surface area contributed by atoms with E-state index in [0.717, 1.165) is 13.8 Å². The summed E-state index contributed by atoms with van der Waals surface area (Å²) in [4.78, 5) is 23.9. The highest BCUT2D eigenvalue weighted by atomic mass is 16.8. The molecule has 0 bridgehead atoms. The normalized spacial score (nSPS) is 50.8. The molecule has 0 spiro atoms. The molecule has 13 N–H and O–H groups in total. The van der Waals surface area contributed by atoms with Crippen LogP contribution in [0.2, 0.25) is 0 Å². The highest BCUT2D eigenvalue weighted by molar-refractivity contribution is 5.73. The first-order valence-electron chi connectivity index (χ1n) is 19.1. The van der Waals surface area contributed by atoms with Crippen LogP contribution in [0, 0.1) is 0 Å². The molecular weight excluding hydrogens is 806 g/mol. The molecule has 5 aliphatic rings. The van der Waals surface area contributed by atoms with Crippen molar-refractivity contribution in [2.75, 3.05) is 13.2 Å². The summed E-state index contributed by atoms with van der Waals surface area (Å²) in [5.74, 6) is -1.56. The zero-order chi connectivity index (χ0) is 43.8. The minimum Gasteiger partial charge on any atom is -0.457 e. The minimum atomic E-state index is -2.02. The SMILES string of the molecule is CC(=O)N[C@H]1[C@@H](O[C@@H]2O[C@@H](C)[C@H](O)[C@@H](O[C@@H]3O[C@@H](C)[C@H](O)[C@@H](O[C@H]4O[C@H](CO)[C@@H](O)[C@H](O)[C@H]4O)[C@H]3O[C@@H]3O[C@@H](C)[C@H](O)[C@@H](OC(C)=O)[C@H]3O)[C@H]2O)[C@H](O)[C@@H](CO)O[C@H]1O. The van der Waals surface area contributed by atoms with Crippen LogP contribution in [0.3, 0.4) is 0 Å². The van der Waals surface area contributed by atoms with Gasteiger partial charge in [0.2, 0.25) is 5.91 Å². The van der Waals surface area contributed by atoms with E-state index in [1.807, 2.05) is 0 Å². The van der Waals surface area contributed by atoms with E-state index in [4.69, 9.17) is 47.4 Å². The lowest BCUT2D eigenvalue weighted by Gasteiger charge is -2.51. The molecule has 342 valence electrons. The number of rotatable bonds is 12. The number of carbonyl (C=O) groups excluding carboxylic acids is 2. The monoisotopic (exact) mass is 863 g/mol. The standard InChI is InChI=1S/C34H57NO24/c1-8-16(40)26(53-12(5)39)23(47)33(51-8)59-29-28(58-31-22(46)21(45)19(43)13(6-36)55-31)18(42)10(3)52-34(29)57-27-17(41)9(2)50-32(24(27)48)56-25-15(35-11(4)38)30(49)54-14(7-37)20(25)44/h8-10,13-34,36-37,40-49H,6-7H2,1-5H3,(H,35,38)/t8-,9-,10-,13+,14+,15-,16-,17-,18-,19+,20+,21-,22+,23+,24+,25+,26+,27+,28+,29+,30+,31+,32-,33-,34-/m0/s1. The molecule has 5 saturated heterocycles. The molecule has 0 unspecified atom stereocenters. The third-order valence-electron chi connectivity index (χ3n) is 10.9. The summed E-state index contributed by atoms with van der Waals surface area (Å²) < 4.78 is 57.3. The van der Waals surface area contributed by atoms with E-state index in [2.05, 4.69) is 5.32 Å². The van der Waals surface area contributed by atoms with Crippen molar-refractivity contribution in [1.29, 1.82) is 0 Å². The molecule has 25 nitrogen and oxygen atoms in total. The van der Waals surface area contributed by atoms with E-state index < -0.39 is 179 Å². The Morgan fingerprint density at radius 1 is 0.475 bits per heavy atom. The smallest absolute Gasteiger partial charge is 0.303 e. The molecule has 25 heteroatoms. The van der Waals surface area contributed by atoms with Gasteiger partial charge in [-0.1, -0.05) is 0 Å². The van der Waals surface area contributed by atoms with Crippen LogP contribution in [0.5, 0.6) is 0 Å². The first-order valence-corrected chi connectivity index (χ1v) is 19.1. The average molecular weight is 864 g/mol. The fourth-order valence-electron chi connectivity index (χ4n) is 7.54. The maximum Gasteiger partial charge on any atom is 0.303 e. The van der Waals surface area contributed by atoms with Crippen molar-refractivity contribution < 1.29 is 118 Å². The lowest BCUT2D eigenvalue weighted by molar-refractivity contribution is -0.404. The van der Waals surface area contributed by atoms with Gasteiger partial charge in [0.25, 0.3) is 0 Å². The van der Waals surface area contributed by atoms with Gasteiger partial charge in [0.15, 0.2) is 37.6 Å². The third-order valence-corrected chi connectivity index (χ3v) is 10.9. The maximum absolute atomic E-state index is 12.0. The van der Waals surface area contributed by atoms with Gasteiger partial charge in [0, 0.05) is 13.8 Å². The number of nitrogens with one attached hydrogen (secondary N) is 1. The van der Waals surface area contributed by atoms with E-state index in [9.17, 15) is 70.9 Å². The van der Waals surface area contributed by atoms with Gasteiger partial charge < -0.3 is 114 Å². The lowest BCUT2D eigenvalue weighted by Crippen LogP contribution is -2.69. The van der Waals surface area contributed by atoms with E-state index in [0.29, 0.717) is 0 Å². The molecule has 0 aliphatic carbocycles. The molecule has 0 aromatic rings. The Labute approximate surface area is 336 Å². The Balaban J connectivity index is 1.48. The van der Waals surface area contributed by atoms with Gasteiger partial charge in [-0.15, -0.1) is 0 Å². The van der Waals surface area contributed by atoms with Crippen LogP contribution in [-0.4, -0.2) is 240 Å². The summed E-state index contributed by atoms with van der Waals surface area (Å²) in [5, 5.41) is 131. The Bertz CT molecular complexity index is 1380. The topological polar surface area (TPSA) is 381 Å². The summed E-state index contributed by atoms with van der Waals surface area (Å²) in [6, 6.07) is -1.47. The first-order chi connectivity index (χ1) is 27.7. The van der Waals surface area contributed by atoms with Crippen LogP contribution in [0.15, 0.2) is 0 Å². The number of hydrogen-bond acceptors (Lipinski definition) is 24. The molecule has 0 radical (unpaired) electrons.